The molecule has 1 saturated heterocycles. The summed E-state index contributed by atoms with van der Waals surface area (Å²) in [5, 5.41) is 11.2. The number of ketones is 1. The van der Waals surface area contributed by atoms with Crippen molar-refractivity contribution in [3.05, 3.63) is 35.1 Å². The van der Waals surface area contributed by atoms with Gasteiger partial charge in [-0.25, -0.2) is 0 Å². The van der Waals surface area contributed by atoms with Crippen LogP contribution in [0.3, 0.4) is 0 Å². The summed E-state index contributed by atoms with van der Waals surface area (Å²) in [6.07, 6.45) is 6.60. The standard InChI is InChI=1S/C26H34ClN5O5/c1-26(2,3)13-20(31-21(33)9-8-17-5-4-16(27)14-29-17)24(36)32-19(12-15-10-11-28-23(15)35)22(34)25(37)30-18-6-7-18/h4-5,8-9,14-15,18-20H,6-7,10-13H2,1-3H3,(H,28,35)(H,30,37)(H,31,33)(H,32,36)/b9-8+/t15-,19?,20?/m0/s1. The predicted molar refractivity (Wildman–Crippen MR) is 138 cm³/mol. The number of carbonyl (C=O) groups excluding carboxylic acids is 5. The highest BCUT2D eigenvalue weighted by atomic mass is 35.5. The lowest BCUT2D eigenvalue weighted by Gasteiger charge is -2.28. The van der Waals surface area contributed by atoms with E-state index < -0.39 is 41.5 Å². The lowest BCUT2D eigenvalue weighted by atomic mass is 9.87. The van der Waals surface area contributed by atoms with Crippen molar-refractivity contribution in [2.45, 2.75) is 71.0 Å². The average molecular weight is 532 g/mol. The summed E-state index contributed by atoms with van der Waals surface area (Å²) in [6.45, 7) is 6.23. The van der Waals surface area contributed by atoms with Crippen LogP contribution in [0.15, 0.2) is 24.4 Å². The summed E-state index contributed by atoms with van der Waals surface area (Å²) >= 11 is 5.83. The third-order valence-electron chi connectivity index (χ3n) is 6.06. The first kappa shape index (κ1) is 28.3. The van der Waals surface area contributed by atoms with Gasteiger partial charge in [0, 0.05) is 30.8 Å². The Morgan fingerprint density at radius 1 is 1.14 bits per heavy atom. The first-order valence-corrected chi connectivity index (χ1v) is 12.8. The van der Waals surface area contributed by atoms with Gasteiger partial charge in [0.25, 0.3) is 5.91 Å². The van der Waals surface area contributed by atoms with E-state index in [1.54, 1.807) is 12.1 Å². The van der Waals surface area contributed by atoms with Crippen LogP contribution in [0.1, 0.15) is 58.6 Å². The number of pyridine rings is 1. The van der Waals surface area contributed by atoms with Crippen LogP contribution in [-0.4, -0.2) is 59.1 Å². The Hall–Kier alpha value is -3.27. The van der Waals surface area contributed by atoms with Crippen molar-refractivity contribution in [1.29, 1.82) is 0 Å². The third-order valence-corrected chi connectivity index (χ3v) is 6.28. The minimum atomic E-state index is -1.19. The smallest absolute Gasteiger partial charge is 0.289 e. The fraction of sp³-hybridized carbons (Fsp3) is 0.538. The van der Waals surface area contributed by atoms with E-state index in [1.807, 2.05) is 20.8 Å². The number of hydrogen-bond acceptors (Lipinski definition) is 6. The van der Waals surface area contributed by atoms with Gasteiger partial charge in [0.15, 0.2) is 0 Å². The molecule has 2 fully saturated rings. The maximum atomic E-state index is 13.3. The van der Waals surface area contributed by atoms with Gasteiger partial charge in [-0.15, -0.1) is 0 Å². The van der Waals surface area contributed by atoms with Crippen molar-refractivity contribution in [2.24, 2.45) is 11.3 Å². The quantitative estimate of drug-likeness (QED) is 0.251. The van der Waals surface area contributed by atoms with E-state index in [4.69, 9.17) is 11.6 Å². The fourth-order valence-corrected chi connectivity index (χ4v) is 4.10. The van der Waals surface area contributed by atoms with E-state index in [2.05, 4.69) is 26.3 Å². The molecule has 1 saturated carbocycles. The molecule has 0 aromatic carbocycles. The molecule has 3 atom stereocenters. The maximum Gasteiger partial charge on any atom is 0.289 e. The zero-order chi connectivity index (χ0) is 27.2. The first-order chi connectivity index (χ1) is 17.4. The van der Waals surface area contributed by atoms with E-state index in [0.717, 1.165) is 12.8 Å². The van der Waals surface area contributed by atoms with Gasteiger partial charge in [-0.1, -0.05) is 32.4 Å². The zero-order valence-corrected chi connectivity index (χ0v) is 22.1. The molecule has 4 amide bonds. The van der Waals surface area contributed by atoms with Crippen LogP contribution in [0.5, 0.6) is 0 Å². The van der Waals surface area contributed by atoms with Crippen LogP contribution < -0.4 is 21.3 Å². The molecule has 10 nitrogen and oxygen atoms in total. The molecule has 0 spiro atoms. The summed E-state index contributed by atoms with van der Waals surface area (Å²) in [4.78, 5) is 67.7. The molecule has 37 heavy (non-hydrogen) atoms. The number of Topliss-reactive ketones (excluding diaryl/α,β-unsaturated/α-hetero) is 1. The second kappa shape index (κ2) is 12.3. The number of nitrogens with one attached hydrogen (secondary N) is 4. The zero-order valence-electron chi connectivity index (χ0n) is 21.3. The van der Waals surface area contributed by atoms with Crippen LogP contribution in [0.4, 0.5) is 0 Å². The molecule has 1 aliphatic carbocycles. The number of nitrogens with zero attached hydrogens (tertiary/aromatic N) is 1. The van der Waals surface area contributed by atoms with E-state index in [0.29, 0.717) is 23.7 Å². The summed E-state index contributed by atoms with van der Waals surface area (Å²) < 4.78 is 0. The molecule has 0 bridgehead atoms. The van der Waals surface area contributed by atoms with Gasteiger partial charge in [-0.3, -0.25) is 29.0 Å². The van der Waals surface area contributed by atoms with Gasteiger partial charge in [0.2, 0.25) is 23.5 Å². The summed E-state index contributed by atoms with van der Waals surface area (Å²) in [6, 6.07) is 1.09. The average Bonchev–Trinajstić information content (AvgIpc) is 3.55. The fourth-order valence-electron chi connectivity index (χ4n) is 3.99. The molecule has 1 aromatic heterocycles. The molecule has 2 heterocycles. The lowest BCUT2D eigenvalue weighted by molar-refractivity contribution is -0.141. The second-order valence-corrected chi connectivity index (χ2v) is 11.2. The summed E-state index contributed by atoms with van der Waals surface area (Å²) in [5.74, 6) is -3.40. The van der Waals surface area contributed by atoms with Gasteiger partial charge in [0.05, 0.1) is 16.8 Å². The van der Waals surface area contributed by atoms with Gasteiger partial charge < -0.3 is 21.3 Å². The molecule has 4 N–H and O–H groups in total. The van der Waals surface area contributed by atoms with E-state index in [9.17, 15) is 24.0 Å². The monoisotopic (exact) mass is 531 g/mol. The van der Waals surface area contributed by atoms with Crippen molar-refractivity contribution in [2.75, 3.05) is 6.54 Å². The van der Waals surface area contributed by atoms with Crippen molar-refractivity contribution >= 4 is 47.1 Å². The number of aromatic nitrogens is 1. The van der Waals surface area contributed by atoms with Crippen LogP contribution >= 0.6 is 11.6 Å². The largest absolute Gasteiger partial charge is 0.356 e. The number of hydrogen-bond donors (Lipinski definition) is 4. The molecular formula is C26H34ClN5O5. The van der Waals surface area contributed by atoms with E-state index >= 15 is 0 Å². The van der Waals surface area contributed by atoms with Crippen LogP contribution in [-0.2, 0) is 24.0 Å². The van der Waals surface area contributed by atoms with Gasteiger partial charge in [0.1, 0.15) is 6.04 Å². The van der Waals surface area contributed by atoms with Crippen LogP contribution in [0, 0.1) is 11.3 Å². The molecule has 1 aromatic rings. The summed E-state index contributed by atoms with van der Waals surface area (Å²) in [5.41, 5.74) is 0.170. The highest BCUT2D eigenvalue weighted by molar-refractivity contribution is 6.38. The van der Waals surface area contributed by atoms with Gasteiger partial charge in [-0.05, 0) is 55.7 Å². The normalized spacial score (nSPS) is 19.1. The van der Waals surface area contributed by atoms with Crippen LogP contribution in [0.25, 0.3) is 6.08 Å². The number of halogens is 1. The Labute approximate surface area is 221 Å². The van der Waals surface area contributed by atoms with Crippen molar-refractivity contribution < 1.29 is 24.0 Å². The minimum absolute atomic E-state index is 0.00676. The Kier molecular flexibility index (Phi) is 9.42. The topological polar surface area (TPSA) is 146 Å². The molecule has 2 aliphatic rings. The molecule has 3 rings (SSSR count). The second-order valence-electron chi connectivity index (χ2n) is 10.7. The molecular weight excluding hydrogens is 498 g/mol. The Morgan fingerprint density at radius 2 is 1.86 bits per heavy atom. The van der Waals surface area contributed by atoms with Crippen molar-refractivity contribution in [1.82, 2.24) is 26.3 Å². The van der Waals surface area contributed by atoms with Gasteiger partial charge >= 0.3 is 0 Å². The molecule has 2 unspecified atom stereocenters. The predicted octanol–water partition coefficient (Wildman–Crippen LogP) is 1.53. The number of amides is 4. The number of rotatable bonds is 11. The molecule has 1 aliphatic heterocycles. The highest BCUT2D eigenvalue weighted by Gasteiger charge is 2.37. The Morgan fingerprint density at radius 3 is 2.43 bits per heavy atom. The molecule has 200 valence electrons. The van der Waals surface area contributed by atoms with Crippen molar-refractivity contribution in [3.8, 4) is 0 Å². The Bertz CT molecular complexity index is 1060. The minimum Gasteiger partial charge on any atom is -0.356 e. The van der Waals surface area contributed by atoms with Crippen LogP contribution in [0.2, 0.25) is 5.02 Å². The number of carbonyl (C=O) groups is 5. The van der Waals surface area contributed by atoms with E-state index in [1.165, 1.54) is 18.3 Å². The third kappa shape index (κ3) is 9.27. The van der Waals surface area contributed by atoms with Gasteiger partial charge in [-0.2, -0.15) is 0 Å². The first-order valence-electron chi connectivity index (χ1n) is 12.4. The summed E-state index contributed by atoms with van der Waals surface area (Å²) in [7, 11) is 0. The molecule has 0 radical (unpaired) electrons. The Balaban J connectivity index is 1.72. The molecule has 11 heteroatoms. The highest BCUT2D eigenvalue weighted by Crippen LogP contribution is 2.23. The van der Waals surface area contributed by atoms with Crippen molar-refractivity contribution in [3.63, 3.8) is 0 Å². The lowest BCUT2D eigenvalue weighted by Crippen LogP contribution is -2.55. The van der Waals surface area contributed by atoms with E-state index in [-0.39, 0.29) is 30.2 Å². The maximum absolute atomic E-state index is 13.3. The SMILES string of the molecule is CC(C)(C)CC(NC(=O)/C=C/c1ccc(Cl)cn1)C(=O)NC(C[C@@H]1CCNC1=O)C(=O)C(=O)NC1CC1.